The molecule has 0 saturated heterocycles. The zero-order valence-electron chi connectivity index (χ0n) is 10.6. The van der Waals surface area contributed by atoms with E-state index in [1.54, 1.807) is 19.1 Å². The zero-order valence-corrected chi connectivity index (χ0v) is 10.6. The summed E-state index contributed by atoms with van der Waals surface area (Å²) in [6.45, 7) is 1.67. The van der Waals surface area contributed by atoms with E-state index >= 15 is 0 Å². The number of amides is 1. The van der Waals surface area contributed by atoms with Gasteiger partial charge in [-0.1, -0.05) is 0 Å². The van der Waals surface area contributed by atoms with Crippen LogP contribution in [-0.2, 0) is 9.50 Å². The van der Waals surface area contributed by atoms with Crippen LogP contribution in [0, 0.1) is 6.92 Å². The number of aromatic nitrogens is 1. The third-order valence-electron chi connectivity index (χ3n) is 2.56. The minimum atomic E-state index is -0.379. The van der Waals surface area contributed by atoms with Gasteiger partial charge in [-0.05, 0) is 0 Å². The number of pyridine rings is 1. The van der Waals surface area contributed by atoms with Crippen molar-refractivity contribution in [1.82, 2.24) is 4.68 Å². The van der Waals surface area contributed by atoms with Crippen LogP contribution in [0.25, 0.3) is 0 Å². The van der Waals surface area contributed by atoms with Crippen molar-refractivity contribution in [2.45, 2.75) is 13.3 Å². The predicted molar refractivity (Wildman–Crippen MR) is 69.0 cm³/mol. The number of aliphatic imine (C=N–C) groups is 1. The summed E-state index contributed by atoms with van der Waals surface area (Å²) in [4.78, 5) is 27.3. The van der Waals surface area contributed by atoms with Crippen molar-refractivity contribution in [3.63, 3.8) is 0 Å². The zero-order chi connectivity index (χ0) is 13.7. The molecular weight excluding hydrogens is 233 g/mol. The molecule has 0 aliphatic rings. The molecule has 0 bridgehead atoms. The van der Waals surface area contributed by atoms with E-state index < -0.39 is 0 Å². The van der Waals surface area contributed by atoms with Crippen LogP contribution in [0.3, 0.4) is 0 Å². The first-order valence-corrected chi connectivity index (χ1v) is 5.37. The molecule has 1 rings (SSSR count). The Kier molecular flexibility index (Phi) is 4.71. The van der Waals surface area contributed by atoms with Crippen molar-refractivity contribution in [1.29, 1.82) is 0 Å². The van der Waals surface area contributed by atoms with Gasteiger partial charge in [0.1, 0.15) is 0 Å². The Balaban J connectivity index is 2.97. The quantitative estimate of drug-likeness (QED) is 0.542. The van der Waals surface area contributed by atoms with Crippen molar-refractivity contribution in [2.75, 3.05) is 19.1 Å². The summed E-state index contributed by atoms with van der Waals surface area (Å²) in [5.74, 6) is -0.379. The second-order valence-corrected chi connectivity index (χ2v) is 3.77. The van der Waals surface area contributed by atoms with Gasteiger partial charge in [-0.15, -0.1) is 0 Å². The summed E-state index contributed by atoms with van der Waals surface area (Å²) in [5, 5.41) is 1.17. The predicted octanol–water partition coefficient (Wildman–Crippen LogP) is -0.281. The van der Waals surface area contributed by atoms with Crippen LogP contribution >= 0.6 is 0 Å². The average molecular weight is 247 g/mol. The van der Waals surface area contributed by atoms with E-state index in [0.29, 0.717) is 12.7 Å². The summed E-state index contributed by atoms with van der Waals surface area (Å²) < 4.78 is 11.8. The van der Waals surface area contributed by atoms with Gasteiger partial charge in [0.15, 0.2) is 0 Å². The summed E-state index contributed by atoms with van der Waals surface area (Å²) in [6.07, 6.45) is 1.37. The molecule has 0 unspecified atom stereocenters. The summed E-state index contributed by atoms with van der Waals surface area (Å²) in [5.41, 5.74) is 0.416. The molecule has 0 aliphatic carbocycles. The Hall–Kier alpha value is -2.05. The van der Waals surface area contributed by atoms with E-state index in [1.165, 1.54) is 30.0 Å². The monoisotopic (exact) mass is 247 g/mol. The average Bonchev–Trinajstić information content (AvgIpc) is 2.38. The van der Waals surface area contributed by atoms with E-state index in [-0.39, 0.29) is 23.5 Å². The Labute approximate surface area is 105 Å². The topological polar surface area (TPSA) is 71.7 Å². The van der Waals surface area contributed by atoms with Crippen LogP contribution < -0.4 is 10.6 Å². The van der Waals surface area contributed by atoms with E-state index in [4.69, 9.17) is 0 Å². The normalized spacial score (nSPS) is 10.9. The van der Waals surface area contributed by atoms with E-state index in [9.17, 15) is 14.3 Å². The molecule has 1 heterocycles. The molecule has 7 heteroatoms. The number of carbonyl (C=O) groups is 1. The fraction of sp³-hybridized carbons (Fsp3) is 0.364. The Morgan fingerprint density at radius 3 is 2.78 bits per heavy atom. The first-order valence-electron chi connectivity index (χ1n) is 5.37. The minimum absolute atomic E-state index is 0.128. The number of carbonyl (C=O) groups excluding carboxylic acids is 1. The SMILES string of the molecule is CN=C(B=O)CC(=O)N(C)n1cccc(C)c1=O. The van der Waals surface area contributed by atoms with Crippen LogP contribution in [-0.4, -0.2) is 37.4 Å². The van der Waals surface area contributed by atoms with Gasteiger partial charge in [0.2, 0.25) is 0 Å². The second-order valence-electron chi connectivity index (χ2n) is 3.77. The number of aryl methyl sites for hydroxylation is 1. The molecule has 0 aliphatic heterocycles. The molecule has 0 aromatic carbocycles. The number of rotatable bonds is 4. The van der Waals surface area contributed by atoms with E-state index in [1.807, 2.05) is 0 Å². The molecule has 6 nitrogen and oxygen atoms in total. The molecule has 18 heavy (non-hydrogen) atoms. The molecule has 0 spiro atoms. The Bertz CT molecular complexity index is 551. The van der Waals surface area contributed by atoms with Crippen molar-refractivity contribution in [3.8, 4) is 0 Å². The van der Waals surface area contributed by atoms with Gasteiger partial charge in [-0.25, -0.2) is 0 Å². The van der Waals surface area contributed by atoms with Crippen LogP contribution in [0.15, 0.2) is 28.1 Å². The third-order valence-corrected chi connectivity index (χ3v) is 2.56. The first-order chi connectivity index (χ1) is 8.51. The standard InChI is InChI=1S/C11H14BN3O3/c1-8-5-4-6-15(11(8)17)14(3)10(16)7-9(12-18)13-2/h4-6H,7H2,1-3H3. The Morgan fingerprint density at radius 2 is 2.22 bits per heavy atom. The maximum absolute atomic E-state index is 11.9. The van der Waals surface area contributed by atoms with Crippen LogP contribution in [0.2, 0.25) is 0 Å². The van der Waals surface area contributed by atoms with E-state index in [0.717, 1.165) is 0 Å². The summed E-state index contributed by atoms with van der Waals surface area (Å²) >= 11 is 0. The number of nitrogens with zero attached hydrogens (tertiary/aromatic N) is 3. The van der Waals surface area contributed by atoms with Crippen molar-refractivity contribution in [3.05, 3.63) is 34.2 Å². The fourth-order valence-electron chi connectivity index (χ4n) is 1.39. The molecule has 0 radical (unpaired) electrons. The molecular formula is C11H14BN3O3. The molecule has 94 valence electrons. The van der Waals surface area contributed by atoms with Crippen molar-refractivity contribution in [2.24, 2.45) is 4.99 Å². The van der Waals surface area contributed by atoms with Gasteiger partial charge in [0.05, 0.1) is 0 Å². The van der Waals surface area contributed by atoms with Gasteiger partial charge in [0, 0.05) is 0 Å². The molecule has 0 atom stereocenters. The fourth-order valence-corrected chi connectivity index (χ4v) is 1.39. The molecule has 1 aromatic rings. The number of hydrogen-bond donors (Lipinski definition) is 0. The van der Waals surface area contributed by atoms with E-state index in [2.05, 4.69) is 4.99 Å². The van der Waals surface area contributed by atoms with Gasteiger partial charge in [-0.3, -0.25) is 0 Å². The number of hydrogen-bond acceptors (Lipinski definition) is 4. The third kappa shape index (κ3) is 3.00. The van der Waals surface area contributed by atoms with Gasteiger partial charge < -0.3 is 0 Å². The molecule has 0 N–H and O–H groups in total. The molecule has 1 amide bonds. The van der Waals surface area contributed by atoms with Gasteiger partial charge >= 0.3 is 105 Å². The van der Waals surface area contributed by atoms with Crippen LogP contribution in [0.1, 0.15) is 12.0 Å². The molecule has 0 fully saturated rings. The van der Waals surface area contributed by atoms with Crippen molar-refractivity contribution >= 4 is 18.7 Å². The van der Waals surface area contributed by atoms with Crippen LogP contribution in [0.4, 0.5) is 0 Å². The Morgan fingerprint density at radius 1 is 1.56 bits per heavy atom. The van der Waals surface area contributed by atoms with Crippen LogP contribution in [0.5, 0.6) is 0 Å². The van der Waals surface area contributed by atoms with Gasteiger partial charge in [-0.2, -0.15) is 0 Å². The van der Waals surface area contributed by atoms with Gasteiger partial charge in [0.25, 0.3) is 0 Å². The maximum atomic E-state index is 11.9. The molecule has 0 saturated carbocycles. The second kappa shape index (κ2) is 6.04. The van der Waals surface area contributed by atoms with Crippen molar-refractivity contribution < 1.29 is 9.50 Å². The summed E-state index contributed by atoms with van der Waals surface area (Å²) in [7, 11) is 3.45. The summed E-state index contributed by atoms with van der Waals surface area (Å²) in [6, 6.07) is 3.34. The first kappa shape index (κ1) is 14.0. The molecule has 1 aromatic heterocycles.